The van der Waals surface area contributed by atoms with E-state index in [0.29, 0.717) is 22.6 Å². The van der Waals surface area contributed by atoms with E-state index in [1.54, 1.807) is 0 Å². The van der Waals surface area contributed by atoms with Crippen molar-refractivity contribution in [3.05, 3.63) is 0 Å². The first kappa shape index (κ1) is 12.7. The van der Waals surface area contributed by atoms with Crippen molar-refractivity contribution in [1.29, 1.82) is 0 Å². The molecule has 0 spiro atoms. The highest BCUT2D eigenvalue weighted by molar-refractivity contribution is 8.00. The molecule has 1 aliphatic heterocycles. The average molecular weight is 243 g/mol. The summed E-state index contributed by atoms with van der Waals surface area (Å²) in [5.74, 6) is 0.912. The topological polar surface area (TPSA) is 35.2 Å². The zero-order valence-corrected chi connectivity index (χ0v) is 11.3. The minimum Gasteiger partial charge on any atom is -0.377 e. The highest BCUT2D eigenvalue weighted by Crippen LogP contribution is 2.38. The van der Waals surface area contributed by atoms with Crippen LogP contribution in [-0.4, -0.2) is 29.3 Å². The van der Waals surface area contributed by atoms with Crippen LogP contribution in [0.5, 0.6) is 0 Å². The number of hydrogen-bond donors (Lipinski definition) is 1. The van der Waals surface area contributed by atoms with Crippen LogP contribution in [-0.2, 0) is 4.74 Å². The molecule has 5 unspecified atom stereocenters. The second-order valence-electron chi connectivity index (χ2n) is 5.33. The van der Waals surface area contributed by atoms with Gasteiger partial charge in [-0.1, -0.05) is 13.3 Å². The van der Waals surface area contributed by atoms with E-state index >= 15 is 0 Å². The van der Waals surface area contributed by atoms with Gasteiger partial charge < -0.3 is 10.5 Å². The van der Waals surface area contributed by atoms with E-state index in [2.05, 4.69) is 25.6 Å². The van der Waals surface area contributed by atoms with Crippen LogP contribution in [0.1, 0.15) is 46.0 Å². The largest absolute Gasteiger partial charge is 0.377 e. The second kappa shape index (κ2) is 5.74. The summed E-state index contributed by atoms with van der Waals surface area (Å²) < 4.78 is 5.63. The molecule has 16 heavy (non-hydrogen) atoms. The molecular weight excluding hydrogens is 218 g/mol. The summed E-state index contributed by atoms with van der Waals surface area (Å²) in [7, 11) is 0. The summed E-state index contributed by atoms with van der Waals surface area (Å²) in [6.45, 7) is 5.46. The Morgan fingerprint density at radius 1 is 1.25 bits per heavy atom. The lowest BCUT2D eigenvalue weighted by molar-refractivity contribution is 0.127. The molecule has 2 rings (SSSR count). The van der Waals surface area contributed by atoms with Gasteiger partial charge in [-0.25, -0.2) is 0 Å². The molecule has 2 fully saturated rings. The summed E-state index contributed by atoms with van der Waals surface area (Å²) in [4.78, 5) is 0. The fourth-order valence-corrected chi connectivity index (χ4v) is 4.58. The Balaban J connectivity index is 1.86. The zero-order chi connectivity index (χ0) is 11.5. The normalized spacial score (nSPS) is 44.8. The number of rotatable bonds is 3. The maximum absolute atomic E-state index is 6.26. The molecule has 0 aromatic rings. The Bertz CT molecular complexity index is 224. The van der Waals surface area contributed by atoms with Gasteiger partial charge in [0.15, 0.2) is 0 Å². The third kappa shape index (κ3) is 2.93. The highest BCUT2D eigenvalue weighted by atomic mass is 32.2. The van der Waals surface area contributed by atoms with Crippen LogP contribution in [0.25, 0.3) is 0 Å². The predicted molar refractivity (Wildman–Crippen MR) is 70.8 cm³/mol. The smallest absolute Gasteiger partial charge is 0.0666 e. The van der Waals surface area contributed by atoms with Gasteiger partial charge in [0, 0.05) is 23.1 Å². The van der Waals surface area contributed by atoms with Crippen molar-refractivity contribution < 1.29 is 4.74 Å². The fraction of sp³-hybridized carbons (Fsp3) is 1.00. The Kier molecular flexibility index (Phi) is 4.57. The fourth-order valence-electron chi connectivity index (χ4n) is 2.88. The van der Waals surface area contributed by atoms with Gasteiger partial charge in [0.2, 0.25) is 0 Å². The first-order chi connectivity index (χ1) is 7.70. The lowest BCUT2D eigenvalue weighted by Crippen LogP contribution is -2.40. The molecule has 94 valence electrons. The van der Waals surface area contributed by atoms with Crippen molar-refractivity contribution in [2.75, 3.05) is 6.61 Å². The molecule has 1 saturated carbocycles. The molecule has 0 aromatic heterocycles. The van der Waals surface area contributed by atoms with Crippen molar-refractivity contribution in [2.24, 2.45) is 11.7 Å². The molecule has 0 radical (unpaired) electrons. The quantitative estimate of drug-likeness (QED) is 0.828. The maximum Gasteiger partial charge on any atom is 0.0666 e. The second-order valence-corrected chi connectivity index (χ2v) is 6.81. The van der Waals surface area contributed by atoms with Crippen LogP contribution in [0.3, 0.4) is 0 Å². The summed E-state index contributed by atoms with van der Waals surface area (Å²) in [5, 5.41) is 1.36. The van der Waals surface area contributed by atoms with Gasteiger partial charge in [-0.3, -0.25) is 0 Å². The molecule has 0 aromatic carbocycles. The number of hydrogen-bond acceptors (Lipinski definition) is 3. The zero-order valence-electron chi connectivity index (χ0n) is 10.5. The molecule has 1 aliphatic carbocycles. The number of ether oxygens (including phenoxy) is 1. The van der Waals surface area contributed by atoms with Crippen molar-refractivity contribution in [1.82, 2.24) is 0 Å². The molecule has 5 atom stereocenters. The Morgan fingerprint density at radius 3 is 2.69 bits per heavy atom. The summed E-state index contributed by atoms with van der Waals surface area (Å²) >= 11 is 2.11. The molecular formula is C13H25NOS. The lowest BCUT2D eigenvalue weighted by Gasteiger charge is -2.35. The third-order valence-electron chi connectivity index (χ3n) is 4.19. The Labute approximate surface area is 104 Å². The SMILES string of the molecule is CCC1CCC(N)C(SC2CCOC2C)C1. The van der Waals surface area contributed by atoms with E-state index in [1.165, 1.54) is 32.1 Å². The molecule has 2 N–H and O–H groups in total. The van der Waals surface area contributed by atoms with Crippen LogP contribution in [0.15, 0.2) is 0 Å². The molecule has 2 nitrogen and oxygen atoms in total. The van der Waals surface area contributed by atoms with Crippen molar-refractivity contribution in [3.63, 3.8) is 0 Å². The minimum atomic E-state index is 0.417. The van der Waals surface area contributed by atoms with Crippen molar-refractivity contribution >= 4 is 11.8 Å². The van der Waals surface area contributed by atoms with Crippen LogP contribution < -0.4 is 5.73 Å². The molecule has 1 saturated heterocycles. The highest BCUT2D eigenvalue weighted by Gasteiger charge is 2.33. The Hall–Kier alpha value is 0.270. The van der Waals surface area contributed by atoms with Gasteiger partial charge in [-0.05, 0) is 38.5 Å². The van der Waals surface area contributed by atoms with Crippen molar-refractivity contribution in [3.8, 4) is 0 Å². The lowest BCUT2D eigenvalue weighted by atomic mass is 9.84. The average Bonchev–Trinajstić information content (AvgIpc) is 2.68. The summed E-state index contributed by atoms with van der Waals surface area (Å²) in [6, 6.07) is 0.417. The van der Waals surface area contributed by atoms with Gasteiger partial charge in [-0.15, -0.1) is 0 Å². The van der Waals surface area contributed by atoms with E-state index in [-0.39, 0.29) is 0 Å². The number of nitrogens with two attached hydrogens (primary N) is 1. The van der Waals surface area contributed by atoms with Crippen LogP contribution in [0.2, 0.25) is 0 Å². The van der Waals surface area contributed by atoms with Crippen LogP contribution in [0.4, 0.5) is 0 Å². The van der Waals surface area contributed by atoms with Gasteiger partial charge in [0.25, 0.3) is 0 Å². The molecule has 1 heterocycles. The first-order valence-corrected chi connectivity index (χ1v) is 7.67. The molecule has 2 aliphatic rings. The standard InChI is InChI=1S/C13H25NOS/c1-3-10-4-5-11(14)13(8-10)16-12-6-7-15-9(12)2/h9-13H,3-8,14H2,1-2H3. The molecule has 3 heteroatoms. The van der Waals surface area contributed by atoms with E-state index in [0.717, 1.165) is 12.5 Å². The van der Waals surface area contributed by atoms with E-state index in [9.17, 15) is 0 Å². The van der Waals surface area contributed by atoms with Gasteiger partial charge in [0.05, 0.1) is 6.10 Å². The van der Waals surface area contributed by atoms with Crippen molar-refractivity contribution in [2.45, 2.75) is 68.6 Å². The maximum atomic E-state index is 6.26. The van der Waals surface area contributed by atoms with Crippen LogP contribution >= 0.6 is 11.8 Å². The molecule has 0 bridgehead atoms. The monoisotopic (exact) mass is 243 g/mol. The third-order valence-corrected chi connectivity index (χ3v) is 6.05. The van der Waals surface area contributed by atoms with E-state index in [4.69, 9.17) is 10.5 Å². The van der Waals surface area contributed by atoms with Gasteiger partial charge in [0.1, 0.15) is 0 Å². The number of thioether (sulfide) groups is 1. The predicted octanol–water partition coefficient (Wildman–Crippen LogP) is 2.80. The summed E-state index contributed by atoms with van der Waals surface area (Å²) in [5.41, 5.74) is 6.26. The molecule has 0 amide bonds. The Morgan fingerprint density at radius 2 is 2.06 bits per heavy atom. The van der Waals surface area contributed by atoms with Gasteiger partial charge >= 0.3 is 0 Å². The first-order valence-electron chi connectivity index (χ1n) is 6.73. The van der Waals surface area contributed by atoms with E-state index < -0.39 is 0 Å². The van der Waals surface area contributed by atoms with Gasteiger partial charge in [-0.2, -0.15) is 11.8 Å². The van der Waals surface area contributed by atoms with Crippen LogP contribution in [0, 0.1) is 5.92 Å². The minimum absolute atomic E-state index is 0.417. The van der Waals surface area contributed by atoms with E-state index in [1.807, 2.05) is 0 Å². The summed E-state index contributed by atoms with van der Waals surface area (Å²) in [6.07, 6.45) is 6.85.